The summed E-state index contributed by atoms with van der Waals surface area (Å²) >= 11 is 1.47. The van der Waals surface area contributed by atoms with Crippen LogP contribution in [0.4, 0.5) is 5.13 Å². The summed E-state index contributed by atoms with van der Waals surface area (Å²) < 4.78 is 28.6. The summed E-state index contributed by atoms with van der Waals surface area (Å²) in [5.41, 5.74) is 0.932. The Balaban J connectivity index is 1.47. The van der Waals surface area contributed by atoms with E-state index in [0.29, 0.717) is 18.0 Å². The number of rotatable bonds is 4. The average Bonchev–Trinajstić information content (AvgIpc) is 3.23. The van der Waals surface area contributed by atoms with Gasteiger partial charge in [0, 0.05) is 19.1 Å². The fourth-order valence-corrected chi connectivity index (χ4v) is 5.27. The van der Waals surface area contributed by atoms with Gasteiger partial charge in [0.15, 0.2) is 0 Å². The molecule has 24 heavy (non-hydrogen) atoms. The minimum atomic E-state index is -3.42. The largest absolute Gasteiger partial charge is 0.356 e. The summed E-state index contributed by atoms with van der Waals surface area (Å²) in [5, 5.41) is 8.53. The van der Waals surface area contributed by atoms with E-state index in [4.69, 9.17) is 0 Å². The van der Waals surface area contributed by atoms with Gasteiger partial charge in [0.25, 0.3) is 0 Å². The lowest BCUT2D eigenvalue weighted by atomic mass is 10.3. The molecule has 1 aliphatic heterocycles. The van der Waals surface area contributed by atoms with Crippen molar-refractivity contribution in [2.45, 2.75) is 24.3 Å². The van der Waals surface area contributed by atoms with Crippen LogP contribution in [0, 0.1) is 6.92 Å². The molecule has 0 spiro atoms. The summed E-state index contributed by atoms with van der Waals surface area (Å²) in [7, 11) is -3.42. The van der Waals surface area contributed by atoms with Gasteiger partial charge in [-0.3, -0.25) is 0 Å². The standard InChI is InChI=1S/C15H17N5O2S2/c1-11-9-20-15(16-11)23-14(18-20)17-12-7-8-19(10-12)24(21,22)13-5-3-2-4-6-13/h2-6,9,12H,7-8,10H2,1H3,(H,17,18)/t12-/m0/s1. The second-order valence-electron chi connectivity index (χ2n) is 5.82. The Morgan fingerprint density at radius 3 is 2.83 bits per heavy atom. The zero-order valence-electron chi connectivity index (χ0n) is 13.1. The van der Waals surface area contributed by atoms with Crippen molar-refractivity contribution >= 4 is 31.5 Å². The van der Waals surface area contributed by atoms with Crippen LogP contribution in [-0.4, -0.2) is 46.5 Å². The van der Waals surface area contributed by atoms with Gasteiger partial charge in [-0.1, -0.05) is 29.5 Å². The normalized spacial score (nSPS) is 19.1. The number of benzene rings is 1. The highest BCUT2D eigenvalue weighted by Crippen LogP contribution is 2.25. The van der Waals surface area contributed by atoms with Crippen LogP contribution in [-0.2, 0) is 10.0 Å². The van der Waals surface area contributed by atoms with Crippen LogP contribution in [0.2, 0.25) is 0 Å². The number of hydrogen-bond donors (Lipinski definition) is 1. The summed E-state index contributed by atoms with van der Waals surface area (Å²) in [4.78, 5) is 5.55. The number of aryl methyl sites for hydroxylation is 1. The summed E-state index contributed by atoms with van der Waals surface area (Å²) in [6.07, 6.45) is 2.63. The van der Waals surface area contributed by atoms with Gasteiger partial charge >= 0.3 is 0 Å². The van der Waals surface area contributed by atoms with Gasteiger partial charge in [0.2, 0.25) is 20.1 Å². The molecule has 0 bridgehead atoms. The van der Waals surface area contributed by atoms with E-state index >= 15 is 0 Å². The predicted molar refractivity (Wildman–Crippen MR) is 92.8 cm³/mol. The van der Waals surface area contributed by atoms with Crippen molar-refractivity contribution in [2.75, 3.05) is 18.4 Å². The molecule has 7 nitrogen and oxygen atoms in total. The molecular formula is C15H17N5O2S2. The van der Waals surface area contributed by atoms with Crippen molar-refractivity contribution in [2.24, 2.45) is 0 Å². The number of fused-ring (bicyclic) bond motifs is 1. The fourth-order valence-electron chi connectivity index (χ4n) is 2.85. The number of imidazole rings is 1. The van der Waals surface area contributed by atoms with E-state index in [1.807, 2.05) is 19.2 Å². The number of nitrogens with one attached hydrogen (secondary N) is 1. The minimum Gasteiger partial charge on any atom is -0.356 e. The third-order valence-corrected chi connectivity index (χ3v) is 6.76. The fraction of sp³-hybridized carbons (Fsp3) is 0.333. The zero-order chi connectivity index (χ0) is 16.7. The molecule has 9 heteroatoms. The number of nitrogens with zero attached hydrogens (tertiary/aromatic N) is 4. The Labute approximate surface area is 144 Å². The van der Waals surface area contributed by atoms with Crippen molar-refractivity contribution in [1.29, 1.82) is 0 Å². The first-order valence-corrected chi connectivity index (χ1v) is 9.92. The molecule has 1 atom stereocenters. The van der Waals surface area contributed by atoms with Crippen LogP contribution in [0.3, 0.4) is 0 Å². The quantitative estimate of drug-likeness (QED) is 0.767. The summed E-state index contributed by atoms with van der Waals surface area (Å²) in [6.45, 7) is 2.88. The second kappa shape index (κ2) is 5.83. The van der Waals surface area contributed by atoms with E-state index in [-0.39, 0.29) is 6.04 Å². The van der Waals surface area contributed by atoms with Crippen molar-refractivity contribution in [3.8, 4) is 0 Å². The number of anilines is 1. The van der Waals surface area contributed by atoms with Gasteiger partial charge < -0.3 is 5.32 Å². The predicted octanol–water partition coefficient (Wildman–Crippen LogP) is 1.97. The first-order chi connectivity index (χ1) is 11.5. The Morgan fingerprint density at radius 1 is 1.29 bits per heavy atom. The molecule has 2 aromatic heterocycles. The van der Waals surface area contributed by atoms with Gasteiger partial charge in [0.05, 0.1) is 16.8 Å². The molecule has 0 unspecified atom stereocenters. The number of sulfonamides is 1. The highest BCUT2D eigenvalue weighted by molar-refractivity contribution is 7.89. The molecule has 126 valence electrons. The van der Waals surface area contributed by atoms with Crippen molar-refractivity contribution < 1.29 is 8.42 Å². The van der Waals surface area contributed by atoms with Crippen molar-refractivity contribution in [3.63, 3.8) is 0 Å². The topological polar surface area (TPSA) is 79.6 Å². The summed E-state index contributed by atoms with van der Waals surface area (Å²) in [6, 6.07) is 8.62. The maximum absolute atomic E-state index is 12.6. The molecule has 0 aliphatic carbocycles. The third-order valence-electron chi connectivity index (χ3n) is 4.02. The Bertz CT molecular complexity index is 933. The van der Waals surface area contributed by atoms with Gasteiger partial charge in [-0.2, -0.15) is 4.31 Å². The van der Waals surface area contributed by atoms with Crippen LogP contribution in [0.1, 0.15) is 12.1 Å². The molecule has 1 N–H and O–H groups in total. The van der Waals surface area contributed by atoms with Gasteiger partial charge in [0.1, 0.15) is 0 Å². The lowest BCUT2D eigenvalue weighted by molar-refractivity contribution is 0.474. The van der Waals surface area contributed by atoms with E-state index in [1.165, 1.54) is 15.6 Å². The van der Waals surface area contributed by atoms with Crippen LogP contribution in [0.5, 0.6) is 0 Å². The maximum Gasteiger partial charge on any atom is 0.243 e. The number of aromatic nitrogens is 3. The molecule has 0 saturated carbocycles. The van der Waals surface area contributed by atoms with Crippen LogP contribution in [0.15, 0.2) is 41.4 Å². The highest BCUT2D eigenvalue weighted by Gasteiger charge is 2.32. The van der Waals surface area contributed by atoms with Gasteiger partial charge in [-0.15, -0.1) is 5.10 Å². The summed E-state index contributed by atoms with van der Waals surface area (Å²) in [5.74, 6) is 0. The smallest absolute Gasteiger partial charge is 0.243 e. The minimum absolute atomic E-state index is 0.0560. The molecule has 3 aromatic rings. The van der Waals surface area contributed by atoms with Gasteiger partial charge in [-0.05, 0) is 25.5 Å². The van der Waals surface area contributed by atoms with Gasteiger partial charge in [-0.25, -0.2) is 17.9 Å². The lowest BCUT2D eigenvalue weighted by Crippen LogP contribution is -2.31. The van der Waals surface area contributed by atoms with E-state index in [2.05, 4.69) is 15.4 Å². The third kappa shape index (κ3) is 2.79. The number of hydrogen-bond acceptors (Lipinski definition) is 6. The molecule has 3 heterocycles. The van der Waals surface area contributed by atoms with E-state index in [1.54, 1.807) is 28.8 Å². The van der Waals surface area contributed by atoms with Crippen molar-refractivity contribution in [3.05, 3.63) is 42.2 Å². The molecular weight excluding hydrogens is 346 g/mol. The monoisotopic (exact) mass is 363 g/mol. The first-order valence-electron chi connectivity index (χ1n) is 7.67. The second-order valence-corrected chi connectivity index (χ2v) is 8.72. The zero-order valence-corrected chi connectivity index (χ0v) is 14.7. The first kappa shape index (κ1) is 15.6. The molecule has 1 aromatic carbocycles. The molecule has 0 amide bonds. The van der Waals surface area contributed by atoms with Crippen LogP contribution in [0.25, 0.3) is 4.96 Å². The lowest BCUT2D eigenvalue weighted by Gasteiger charge is -2.16. The Morgan fingerprint density at radius 2 is 2.08 bits per heavy atom. The van der Waals surface area contributed by atoms with Crippen LogP contribution >= 0.6 is 11.3 Å². The van der Waals surface area contributed by atoms with E-state index in [9.17, 15) is 8.42 Å². The highest BCUT2D eigenvalue weighted by atomic mass is 32.2. The Kier molecular flexibility index (Phi) is 3.78. The molecule has 4 rings (SSSR count). The Hall–Kier alpha value is -1.97. The molecule has 1 saturated heterocycles. The molecule has 1 fully saturated rings. The van der Waals surface area contributed by atoms with Crippen molar-refractivity contribution in [1.82, 2.24) is 18.9 Å². The SMILES string of the molecule is Cc1cn2nc(N[C@H]3CCN(S(=O)(=O)c4ccccc4)C3)sc2n1. The maximum atomic E-state index is 12.6. The van der Waals surface area contributed by atoms with E-state index in [0.717, 1.165) is 22.2 Å². The molecule has 1 aliphatic rings. The average molecular weight is 363 g/mol. The van der Waals surface area contributed by atoms with E-state index < -0.39 is 10.0 Å². The van der Waals surface area contributed by atoms with Crippen LogP contribution < -0.4 is 5.32 Å². The molecule has 0 radical (unpaired) electrons.